The minimum atomic E-state index is 0.534. The van der Waals surface area contributed by atoms with Crippen molar-refractivity contribution in [3.63, 3.8) is 0 Å². The third kappa shape index (κ3) is 4.39. The monoisotopic (exact) mass is 334 g/mol. The van der Waals surface area contributed by atoms with E-state index in [1.807, 2.05) is 0 Å². The van der Waals surface area contributed by atoms with Gasteiger partial charge in [0.2, 0.25) is 0 Å². The van der Waals surface area contributed by atoms with Gasteiger partial charge in [0, 0.05) is 0 Å². The zero-order valence-electron chi connectivity index (χ0n) is 18.0. The quantitative estimate of drug-likeness (QED) is 0.358. The van der Waals surface area contributed by atoms with Gasteiger partial charge in [0.25, 0.3) is 0 Å². The van der Waals surface area contributed by atoms with Gasteiger partial charge in [-0.2, -0.15) is 0 Å². The summed E-state index contributed by atoms with van der Waals surface area (Å²) in [5, 5.41) is 0. The SMILES string of the molecule is CCCC(CC)CCCC(C)(C)CC(C(C)C)C1C(C)C12CCC2. The van der Waals surface area contributed by atoms with Crippen LogP contribution < -0.4 is 0 Å². The maximum absolute atomic E-state index is 2.56. The zero-order chi connectivity index (χ0) is 18.0. The van der Waals surface area contributed by atoms with Crippen molar-refractivity contribution in [2.45, 2.75) is 113 Å². The van der Waals surface area contributed by atoms with Crippen LogP contribution in [0.25, 0.3) is 0 Å². The maximum Gasteiger partial charge on any atom is -0.0235 e. The van der Waals surface area contributed by atoms with Crippen LogP contribution in [0.5, 0.6) is 0 Å². The molecule has 0 saturated heterocycles. The molecule has 2 fully saturated rings. The summed E-state index contributed by atoms with van der Waals surface area (Å²) in [5.74, 6) is 4.87. The normalized spacial score (nSPS) is 28.0. The van der Waals surface area contributed by atoms with E-state index in [0.29, 0.717) is 5.41 Å². The first-order chi connectivity index (χ1) is 11.3. The minimum absolute atomic E-state index is 0.534. The fourth-order valence-electron chi connectivity index (χ4n) is 6.26. The molecule has 4 unspecified atom stereocenters. The molecule has 0 amide bonds. The second-order valence-corrected chi connectivity index (χ2v) is 10.6. The molecule has 1 spiro atoms. The van der Waals surface area contributed by atoms with Gasteiger partial charge in [-0.1, -0.05) is 87.0 Å². The highest BCUT2D eigenvalue weighted by Gasteiger charge is 2.66. The van der Waals surface area contributed by atoms with Crippen molar-refractivity contribution in [3.05, 3.63) is 0 Å². The molecule has 0 aromatic heterocycles. The van der Waals surface area contributed by atoms with Crippen molar-refractivity contribution in [1.29, 1.82) is 0 Å². The van der Waals surface area contributed by atoms with E-state index in [1.165, 1.54) is 64.2 Å². The predicted octanol–water partition coefficient (Wildman–Crippen LogP) is 8.11. The molecule has 0 bridgehead atoms. The molecule has 0 radical (unpaired) electrons. The van der Waals surface area contributed by atoms with Crippen molar-refractivity contribution in [2.75, 3.05) is 0 Å². The van der Waals surface area contributed by atoms with Crippen LogP contribution in [-0.4, -0.2) is 0 Å². The van der Waals surface area contributed by atoms with Gasteiger partial charge in [-0.05, 0) is 66.1 Å². The summed E-state index contributed by atoms with van der Waals surface area (Å²) < 4.78 is 0. The van der Waals surface area contributed by atoms with Gasteiger partial charge >= 0.3 is 0 Å². The number of hydrogen-bond acceptors (Lipinski definition) is 0. The highest BCUT2D eigenvalue weighted by atomic mass is 14.7. The first-order valence-corrected chi connectivity index (χ1v) is 11.3. The topological polar surface area (TPSA) is 0 Å². The summed E-state index contributed by atoms with van der Waals surface area (Å²) in [5.41, 5.74) is 1.34. The largest absolute Gasteiger partial charge is 0.0654 e. The third-order valence-electron chi connectivity index (χ3n) is 8.13. The summed E-state index contributed by atoms with van der Waals surface area (Å²) in [6, 6.07) is 0. The highest BCUT2D eigenvalue weighted by Crippen LogP contribution is 2.73. The predicted molar refractivity (Wildman–Crippen MR) is 108 cm³/mol. The van der Waals surface area contributed by atoms with Gasteiger partial charge in [-0.15, -0.1) is 0 Å². The van der Waals surface area contributed by atoms with Crippen LogP contribution in [0.1, 0.15) is 113 Å². The number of rotatable bonds is 11. The molecule has 0 aromatic carbocycles. The molecule has 0 heteroatoms. The molecule has 0 N–H and O–H groups in total. The van der Waals surface area contributed by atoms with Crippen LogP contribution in [0.2, 0.25) is 0 Å². The molecule has 24 heavy (non-hydrogen) atoms. The van der Waals surface area contributed by atoms with Crippen LogP contribution in [0.15, 0.2) is 0 Å². The van der Waals surface area contributed by atoms with E-state index in [1.54, 1.807) is 0 Å². The van der Waals surface area contributed by atoms with Crippen molar-refractivity contribution in [2.24, 2.45) is 40.4 Å². The van der Waals surface area contributed by atoms with E-state index in [9.17, 15) is 0 Å². The second-order valence-electron chi connectivity index (χ2n) is 10.6. The fraction of sp³-hybridized carbons (Fsp3) is 1.00. The van der Waals surface area contributed by atoms with Crippen LogP contribution in [0.3, 0.4) is 0 Å². The average molecular weight is 335 g/mol. The Labute approximate surface area is 153 Å². The molecule has 2 rings (SSSR count). The molecule has 142 valence electrons. The van der Waals surface area contributed by atoms with Gasteiger partial charge in [0.05, 0.1) is 0 Å². The summed E-state index contributed by atoms with van der Waals surface area (Å²) in [6.45, 7) is 17.4. The van der Waals surface area contributed by atoms with Crippen LogP contribution in [0.4, 0.5) is 0 Å². The summed E-state index contributed by atoms with van der Waals surface area (Å²) >= 11 is 0. The Kier molecular flexibility index (Phi) is 6.88. The van der Waals surface area contributed by atoms with Crippen LogP contribution in [0, 0.1) is 40.4 Å². The molecule has 0 aromatic rings. The highest BCUT2D eigenvalue weighted by molar-refractivity contribution is 5.15. The van der Waals surface area contributed by atoms with Gasteiger partial charge < -0.3 is 0 Å². The van der Waals surface area contributed by atoms with Gasteiger partial charge in [-0.3, -0.25) is 0 Å². The Bertz CT molecular complexity index is 373. The lowest BCUT2D eigenvalue weighted by atomic mass is 9.69. The first kappa shape index (κ1) is 20.3. The standard InChI is InChI=1S/C24H46/c1-8-12-20(9-2)13-10-14-23(6,7)17-21(18(3)4)22-19(5)24(22)15-11-16-24/h18-22H,8-17H2,1-7H3. The average Bonchev–Trinajstić information content (AvgIpc) is 3.09. The Morgan fingerprint density at radius 1 is 1.08 bits per heavy atom. The molecular formula is C24H46. The lowest BCUT2D eigenvalue weighted by molar-refractivity contribution is 0.142. The molecule has 2 aliphatic rings. The van der Waals surface area contributed by atoms with Gasteiger partial charge in [-0.25, -0.2) is 0 Å². The van der Waals surface area contributed by atoms with Gasteiger partial charge in [0.15, 0.2) is 0 Å². The van der Waals surface area contributed by atoms with E-state index in [4.69, 9.17) is 0 Å². The molecule has 2 aliphatic carbocycles. The molecule has 0 nitrogen and oxygen atoms in total. The van der Waals surface area contributed by atoms with E-state index in [0.717, 1.165) is 35.0 Å². The van der Waals surface area contributed by atoms with Crippen LogP contribution in [-0.2, 0) is 0 Å². The van der Waals surface area contributed by atoms with Crippen molar-refractivity contribution in [3.8, 4) is 0 Å². The molecule has 0 aliphatic heterocycles. The Morgan fingerprint density at radius 3 is 2.17 bits per heavy atom. The Morgan fingerprint density at radius 2 is 1.75 bits per heavy atom. The minimum Gasteiger partial charge on any atom is -0.0654 e. The number of hydrogen-bond donors (Lipinski definition) is 0. The molecular weight excluding hydrogens is 288 g/mol. The summed E-state index contributed by atoms with van der Waals surface area (Å²) in [6.07, 6.45) is 14.6. The van der Waals surface area contributed by atoms with E-state index < -0.39 is 0 Å². The lowest BCUT2D eigenvalue weighted by Gasteiger charge is -2.36. The maximum atomic E-state index is 2.56. The summed E-state index contributed by atoms with van der Waals surface area (Å²) in [7, 11) is 0. The first-order valence-electron chi connectivity index (χ1n) is 11.3. The van der Waals surface area contributed by atoms with E-state index >= 15 is 0 Å². The Balaban J connectivity index is 1.84. The molecule has 4 atom stereocenters. The Hall–Kier alpha value is 0. The van der Waals surface area contributed by atoms with Crippen molar-refractivity contribution >= 4 is 0 Å². The summed E-state index contributed by atoms with van der Waals surface area (Å²) in [4.78, 5) is 0. The second kappa shape index (κ2) is 8.13. The van der Waals surface area contributed by atoms with Crippen molar-refractivity contribution in [1.82, 2.24) is 0 Å². The molecule has 0 heterocycles. The lowest BCUT2D eigenvalue weighted by Crippen LogP contribution is -2.26. The van der Waals surface area contributed by atoms with Crippen LogP contribution >= 0.6 is 0 Å². The van der Waals surface area contributed by atoms with E-state index in [-0.39, 0.29) is 0 Å². The fourth-order valence-corrected chi connectivity index (χ4v) is 6.26. The molecule has 2 saturated carbocycles. The smallest absolute Gasteiger partial charge is 0.0235 e. The van der Waals surface area contributed by atoms with Crippen molar-refractivity contribution < 1.29 is 0 Å². The van der Waals surface area contributed by atoms with E-state index in [2.05, 4.69) is 48.5 Å². The zero-order valence-corrected chi connectivity index (χ0v) is 18.0. The van der Waals surface area contributed by atoms with Gasteiger partial charge in [0.1, 0.15) is 0 Å². The third-order valence-corrected chi connectivity index (χ3v) is 8.13.